The molecule has 0 atom stereocenters. The van der Waals surface area contributed by atoms with Crippen molar-refractivity contribution in [2.75, 3.05) is 0 Å². The summed E-state index contributed by atoms with van der Waals surface area (Å²) in [7, 11) is 0. The fourth-order valence-corrected chi connectivity index (χ4v) is 2.19. The highest BCUT2D eigenvalue weighted by molar-refractivity contribution is 9.10. The average molecular weight is 393 g/mol. The van der Waals surface area contributed by atoms with Crippen LogP contribution in [0.15, 0.2) is 52.0 Å². The molecule has 1 amide bonds. The SMILES string of the molecule is O=C(N/N=C\c1ccc([N+](=O)[O-])cc1Br)c1cccc([N+](=O)[O-])c1. The zero-order chi connectivity index (χ0) is 17.7. The van der Waals surface area contributed by atoms with Gasteiger partial charge in [0, 0.05) is 39.9 Å². The predicted octanol–water partition coefficient (Wildman–Crippen LogP) is 3.03. The van der Waals surface area contributed by atoms with E-state index >= 15 is 0 Å². The summed E-state index contributed by atoms with van der Waals surface area (Å²) in [5, 5.41) is 25.1. The molecule has 0 saturated heterocycles. The largest absolute Gasteiger partial charge is 0.271 e. The van der Waals surface area contributed by atoms with Crippen molar-refractivity contribution in [1.82, 2.24) is 5.43 Å². The Bertz CT molecular complexity index is 853. The number of hydrogen-bond acceptors (Lipinski definition) is 6. The number of rotatable bonds is 5. The van der Waals surface area contributed by atoms with E-state index in [1.54, 1.807) is 0 Å². The minimum atomic E-state index is -0.618. The summed E-state index contributed by atoms with van der Waals surface area (Å²) in [5.74, 6) is -0.618. The highest BCUT2D eigenvalue weighted by Gasteiger charge is 2.11. The number of non-ortho nitro benzene ring substituents is 2. The molecule has 0 unspecified atom stereocenters. The van der Waals surface area contributed by atoms with E-state index < -0.39 is 15.8 Å². The van der Waals surface area contributed by atoms with Gasteiger partial charge in [-0.05, 0) is 28.1 Å². The fraction of sp³-hybridized carbons (Fsp3) is 0. The van der Waals surface area contributed by atoms with Gasteiger partial charge in [-0.3, -0.25) is 25.0 Å². The Balaban J connectivity index is 2.09. The van der Waals surface area contributed by atoms with Crippen molar-refractivity contribution in [2.45, 2.75) is 0 Å². The molecule has 1 N–H and O–H groups in total. The zero-order valence-corrected chi connectivity index (χ0v) is 13.5. The van der Waals surface area contributed by atoms with E-state index in [0.717, 1.165) is 6.07 Å². The molecule has 0 heterocycles. The van der Waals surface area contributed by atoms with E-state index in [0.29, 0.717) is 10.0 Å². The molecule has 10 heteroatoms. The van der Waals surface area contributed by atoms with Crippen molar-refractivity contribution >= 4 is 39.4 Å². The van der Waals surface area contributed by atoms with Gasteiger partial charge < -0.3 is 0 Å². The van der Waals surface area contributed by atoms with E-state index in [-0.39, 0.29) is 16.9 Å². The minimum Gasteiger partial charge on any atom is -0.267 e. The lowest BCUT2D eigenvalue weighted by atomic mass is 10.2. The third kappa shape index (κ3) is 4.20. The van der Waals surface area contributed by atoms with Gasteiger partial charge in [0.1, 0.15) is 0 Å². The molecule has 122 valence electrons. The number of nitro benzene ring substituents is 2. The second kappa shape index (κ2) is 7.42. The first-order valence-electron chi connectivity index (χ1n) is 6.40. The van der Waals surface area contributed by atoms with Crippen LogP contribution in [0.2, 0.25) is 0 Å². The van der Waals surface area contributed by atoms with E-state index in [2.05, 4.69) is 26.5 Å². The number of hydrazone groups is 1. The lowest BCUT2D eigenvalue weighted by molar-refractivity contribution is -0.385. The quantitative estimate of drug-likeness (QED) is 0.474. The number of nitro groups is 2. The molecule has 0 spiro atoms. The van der Waals surface area contributed by atoms with Crippen LogP contribution >= 0.6 is 15.9 Å². The molecule has 0 aliphatic rings. The molecular formula is C14H9BrN4O5. The Hall–Kier alpha value is -3.14. The summed E-state index contributed by atoms with van der Waals surface area (Å²) in [4.78, 5) is 32.1. The van der Waals surface area contributed by atoms with E-state index in [9.17, 15) is 25.0 Å². The van der Waals surface area contributed by atoms with Gasteiger partial charge in [-0.2, -0.15) is 5.10 Å². The van der Waals surface area contributed by atoms with Gasteiger partial charge in [-0.25, -0.2) is 5.43 Å². The zero-order valence-electron chi connectivity index (χ0n) is 11.9. The first-order valence-corrected chi connectivity index (χ1v) is 7.19. The molecule has 0 aliphatic heterocycles. The summed E-state index contributed by atoms with van der Waals surface area (Å²) in [5.41, 5.74) is 2.54. The van der Waals surface area contributed by atoms with Crippen LogP contribution in [-0.2, 0) is 0 Å². The maximum Gasteiger partial charge on any atom is 0.271 e. The summed E-state index contributed by atoms with van der Waals surface area (Å²) in [6, 6.07) is 9.29. The van der Waals surface area contributed by atoms with Gasteiger partial charge in [-0.15, -0.1) is 0 Å². The van der Waals surface area contributed by atoms with Crippen LogP contribution in [0.1, 0.15) is 15.9 Å². The van der Waals surface area contributed by atoms with Crippen molar-refractivity contribution in [3.8, 4) is 0 Å². The molecule has 0 bridgehead atoms. The molecule has 0 fully saturated rings. The predicted molar refractivity (Wildman–Crippen MR) is 89.0 cm³/mol. The number of benzene rings is 2. The van der Waals surface area contributed by atoms with Crippen molar-refractivity contribution in [1.29, 1.82) is 0 Å². The molecule has 0 saturated carbocycles. The highest BCUT2D eigenvalue weighted by atomic mass is 79.9. The average Bonchev–Trinajstić information content (AvgIpc) is 2.56. The van der Waals surface area contributed by atoms with Crippen LogP contribution < -0.4 is 5.43 Å². The van der Waals surface area contributed by atoms with E-state index in [4.69, 9.17) is 0 Å². The Kier molecular flexibility index (Phi) is 5.32. The third-order valence-corrected chi connectivity index (χ3v) is 3.57. The number of nitrogens with zero attached hydrogens (tertiary/aromatic N) is 3. The Morgan fingerprint density at radius 2 is 1.75 bits per heavy atom. The van der Waals surface area contributed by atoms with Crippen LogP contribution in [0, 0.1) is 20.2 Å². The smallest absolute Gasteiger partial charge is 0.267 e. The summed E-state index contributed by atoms with van der Waals surface area (Å²) in [6.07, 6.45) is 1.29. The van der Waals surface area contributed by atoms with Crippen molar-refractivity contribution in [3.05, 3.63) is 78.3 Å². The van der Waals surface area contributed by atoms with Gasteiger partial charge >= 0.3 is 0 Å². The highest BCUT2D eigenvalue weighted by Crippen LogP contribution is 2.21. The Labute approximate surface area is 143 Å². The van der Waals surface area contributed by atoms with Crippen LogP contribution in [0.25, 0.3) is 0 Å². The standard InChI is InChI=1S/C14H9BrN4O5/c15-13-7-12(19(23)24)5-4-10(13)8-16-17-14(20)9-2-1-3-11(6-9)18(21)22/h1-8H,(H,17,20)/b16-8-. The van der Waals surface area contributed by atoms with E-state index in [1.165, 1.54) is 42.6 Å². The van der Waals surface area contributed by atoms with Crippen LogP contribution in [-0.4, -0.2) is 22.0 Å². The number of hydrogen-bond donors (Lipinski definition) is 1. The maximum absolute atomic E-state index is 11.9. The molecule has 9 nitrogen and oxygen atoms in total. The molecule has 2 rings (SSSR count). The maximum atomic E-state index is 11.9. The summed E-state index contributed by atoms with van der Waals surface area (Å²) in [6.45, 7) is 0. The minimum absolute atomic E-state index is 0.0837. The van der Waals surface area contributed by atoms with Crippen LogP contribution in [0.3, 0.4) is 0 Å². The van der Waals surface area contributed by atoms with Gasteiger partial charge in [-0.1, -0.05) is 6.07 Å². The van der Waals surface area contributed by atoms with Gasteiger partial charge in [0.05, 0.1) is 16.1 Å². The Morgan fingerprint density at radius 3 is 2.38 bits per heavy atom. The number of halogens is 1. The van der Waals surface area contributed by atoms with Gasteiger partial charge in [0.15, 0.2) is 0 Å². The molecule has 2 aromatic rings. The molecular weight excluding hydrogens is 384 g/mol. The van der Waals surface area contributed by atoms with Crippen LogP contribution in [0.4, 0.5) is 11.4 Å². The second-order valence-electron chi connectivity index (χ2n) is 4.47. The number of carbonyl (C=O) groups is 1. The molecule has 0 radical (unpaired) electrons. The van der Waals surface area contributed by atoms with Gasteiger partial charge in [0.2, 0.25) is 0 Å². The second-order valence-corrected chi connectivity index (χ2v) is 5.32. The first kappa shape index (κ1) is 17.2. The molecule has 2 aromatic carbocycles. The third-order valence-electron chi connectivity index (χ3n) is 2.88. The number of carbonyl (C=O) groups excluding carboxylic acids is 1. The van der Waals surface area contributed by atoms with Crippen molar-refractivity contribution in [3.63, 3.8) is 0 Å². The summed E-state index contributed by atoms with van der Waals surface area (Å²) < 4.78 is 0.435. The lowest BCUT2D eigenvalue weighted by Crippen LogP contribution is -2.17. The normalized spacial score (nSPS) is 10.5. The number of amides is 1. The fourth-order valence-electron chi connectivity index (χ4n) is 1.72. The van der Waals surface area contributed by atoms with Crippen LogP contribution in [0.5, 0.6) is 0 Å². The van der Waals surface area contributed by atoms with Crippen molar-refractivity contribution in [2.24, 2.45) is 5.10 Å². The Morgan fingerprint density at radius 1 is 1.08 bits per heavy atom. The van der Waals surface area contributed by atoms with Crippen molar-refractivity contribution < 1.29 is 14.6 Å². The molecule has 24 heavy (non-hydrogen) atoms. The first-order chi connectivity index (χ1) is 11.4. The molecule has 0 aromatic heterocycles. The number of nitrogens with one attached hydrogen (secondary N) is 1. The molecule has 0 aliphatic carbocycles. The summed E-state index contributed by atoms with van der Waals surface area (Å²) >= 11 is 3.17. The van der Waals surface area contributed by atoms with Gasteiger partial charge in [0.25, 0.3) is 17.3 Å². The lowest BCUT2D eigenvalue weighted by Gasteiger charge is -2.01. The monoisotopic (exact) mass is 392 g/mol. The van der Waals surface area contributed by atoms with E-state index in [1.807, 2.05) is 0 Å². The topological polar surface area (TPSA) is 128 Å².